The van der Waals surface area contributed by atoms with Crippen LogP contribution in [0.5, 0.6) is 0 Å². The van der Waals surface area contributed by atoms with Crippen LogP contribution >= 0.6 is 34.8 Å². The smallest absolute Gasteiger partial charge is 0.244 e. The summed E-state index contributed by atoms with van der Waals surface area (Å²) < 4.78 is 0. The molecule has 7 heteroatoms. The minimum Gasteiger partial charge on any atom is -0.322 e. The van der Waals surface area contributed by atoms with Crippen LogP contribution in [0.1, 0.15) is 6.92 Å². The van der Waals surface area contributed by atoms with E-state index < -0.39 is 5.91 Å². The first-order valence-corrected chi connectivity index (χ1v) is 7.79. The standard InChI is InChI=1S/C16H13Cl3N2O2/c1-10(22)21(12-7-5-11(17)6-8-12)9-15(23)20-16-13(18)3-2-4-14(16)19/h2-8H,9H2,1H3,(H,20,23). The number of halogens is 3. The molecule has 0 unspecified atom stereocenters. The molecule has 2 aromatic rings. The molecule has 0 aliphatic carbocycles. The molecule has 0 saturated carbocycles. The summed E-state index contributed by atoms with van der Waals surface area (Å²) in [5.41, 5.74) is 0.891. The molecule has 0 fully saturated rings. The van der Waals surface area contributed by atoms with Gasteiger partial charge in [-0.15, -0.1) is 0 Å². The lowest BCUT2D eigenvalue weighted by molar-refractivity contribution is -0.120. The van der Waals surface area contributed by atoms with Gasteiger partial charge in [-0.3, -0.25) is 9.59 Å². The molecule has 120 valence electrons. The Morgan fingerprint density at radius 1 is 1.00 bits per heavy atom. The number of hydrogen-bond acceptors (Lipinski definition) is 2. The second-order valence-corrected chi connectivity index (χ2v) is 5.98. The molecule has 2 aromatic carbocycles. The lowest BCUT2D eigenvalue weighted by atomic mass is 10.2. The van der Waals surface area contributed by atoms with Gasteiger partial charge in [0.2, 0.25) is 11.8 Å². The topological polar surface area (TPSA) is 49.4 Å². The summed E-state index contributed by atoms with van der Waals surface area (Å²) >= 11 is 17.9. The van der Waals surface area contributed by atoms with Gasteiger partial charge in [-0.05, 0) is 36.4 Å². The molecule has 0 saturated heterocycles. The molecule has 0 aliphatic rings. The third-order valence-electron chi connectivity index (χ3n) is 3.05. The molecule has 0 bridgehead atoms. The van der Waals surface area contributed by atoms with Gasteiger partial charge in [-0.25, -0.2) is 0 Å². The van der Waals surface area contributed by atoms with Crippen molar-refractivity contribution in [3.63, 3.8) is 0 Å². The Balaban J connectivity index is 2.16. The van der Waals surface area contributed by atoms with E-state index in [0.29, 0.717) is 26.4 Å². The molecule has 0 atom stereocenters. The fraction of sp³-hybridized carbons (Fsp3) is 0.125. The number of carbonyl (C=O) groups excluding carboxylic acids is 2. The van der Waals surface area contributed by atoms with Gasteiger partial charge in [0, 0.05) is 17.6 Å². The van der Waals surface area contributed by atoms with Crippen LogP contribution in [0.15, 0.2) is 42.5 Å². The summed E-state index contributed by atoms with van der Waals surface area (Å²) in [5.74, 6) is -0.683. The Morgan fingerprint density at radius 2 is 1.57 bits per heavy atom. The van der Waals surface area contributed by atoms with E-state index in [4.69, 9.17) is 34.8 Å². The van der Waals surface area contributed by atoms with E-state index in [1.54, 1.807) is 42.5 Å². The molecule has 2 rings (SSSR count). The van der Waals surface area contributed by atoms with Crippen LogP contribution in [0.4, 0.5) is 11.4 Å². The fourth-order valence-electron chi connectivity index (χ4n) is 1.95. The Morgan fingerprint density at radius 3 is 2.09 bits per heavy atom. The van der Waals surface area contributed by atoms with Crippen molar-refractivity contribution in [1.29, 1.82) is 0 Å². The monoisotopic (exact) mass is 370 g/mol. The first-order chi connectivity index (χ1) is 10.9. The van der Waals surface area contributed by atoms with Gasteiger partial charge < -0.3 is 10.2 Å². The Hall–Kier alpha value is -1.75. The second kappa shape index (κ2) is 7.68. The number of carbonyl (C=O) groups is 2. The highest BCUT2D eigenvalue weighted by atomic mass is 35.5. The number of rotatable bonds is 4. The number of amides is 2. The van der Waals surface area contributed by atoms with E-state index in [1.165, 1.54) is 11.8 Å². The van der Waals surface area contributed by atoms with E-state index >= 15 is 0 Å². The van der Waals surface area contributed by atoms with Crippen LogP contribution in [-0.4, -0.2) is 18.4 Å². The van der Waals surface area contributed by atoms with Crippen molar-refractivity contribution >= 4 is 58.0 Å². The predicted molar refractivity (Wildman–Crippen MR) is 94.6 cm³/mol. The van der Waals surface area contributed by atoms with Crippen LogP contribution in [0, 0.1) is 0 Å². The summed E-state index contributed by atoms with van der Waals surface area (Å²) in [6, 6.07) is 11.5. The van der Waals surface area contributed by atoms with Gasteiger partial charge in [0.15, 0.2) is 0 Å². The SMILES string of the molecule is CC(=O)N(CC(=O)Nc1c(Cl)cccc1Cl)c1ccc(Cl)cc1. The Bertz CT molecular complexity index is 712. The molecule has 0 aromatic heterocycles. The van der Waals surface area contributed by atoms with Crippen molar-refractivity contribution in [2.24, 2.45) is 0 Å². The molecule has 0 aliphatic heterocycles. The van der Waals surface area contributed by atoms with E-state index in [-0.39, 0.29) is 12.5 Å². The highest BCUT2D eigenvalue weighted by Gasteiger charge is 2.17. The minimum absolute atomic E-state index is 0.168. The van der Waals surface area contributed by atoms with Crippen LogP contribution in [-0.2, 0) is 9.59 Å². The lowest BCUT2D eigenvalue weighted by Gasteiger charge is -2.21. The summed E-state index contributed by atoms with van der Waals surface area (Å²) in [5, 5.41) is 3.82. The quantitative estimate of drug-likeness (QED) is 0.851. The van der Waals surface area contributed by atoms with Crippen molar-refractivity contribution in [2.75, 3.05) is 16.8 Å². The zero-order valence-electron chi connectivity index (χ0n) is 12.1. The fourth-order valence-corrected chi connectivity index (χ4v) is 2.56. The largest absolute Gasteiger partial charge is 0.322 e. The average molecular weight is 372 g/mol. The number of nitrogens with one attached hydrogen (secondary N) is 1. The van der Waals surface area contributed by atoms with Gasteiger partial charge in [-0.2, -0.15) is 0 Å². The number of hydrogen-bond donors (Lipinski definition) is 1. The molecule has 0 radical (unpaired) electrons. The lowest BCUT2D eigenvalue weighted by Crippen LogP contribution is -2.36. The Labute approximate surface area is 148 Å². The molecule has 0 spiro atoms. The Kier molecular flexibility index (Phi) is 5.88. The van der Waals surface area contributed by atoms with Crippen LogP contribution in [0.2, 0.25) is 15.1 Å². The van der Waals surface area contributed by atoms with Gasteiger partial charge in [0.25, 0.3) is 0 Å². The van der Waals surface area contributed by atoms with Crippen molar-refractivity contribution in [3.05, 3.63) is 57.5 Å². The zero-order valence-corrected chi connectivity index (χ0v) is 14.4. The molecule has 1 N–H and O–H groups in total. The first kappa shape index (κ1) is 17.6. The normalized spacial score (nSPS) is 10.3. The molecule has 0 heterocycles. The number of para-hydroxylation sites is 1. The molecular formula is C16H13Cl3N2O2. The predicted octanol–water partition coefficient (Wildman–Crippen LogP) is 4.64. The van der Waals surface area contributed by atoms with Crippen LogP contribution in [0.3, 0.4) is 0 Å². The maximum absolute atomic E-state index is 12.2. The van der Waals surface area contributed by atoms with Crippen molar-refractivity contribution in [1.82, 2.24) is 0 Å². The summed E-state index contributed by atoms with van der Waals surface area (Å²) in [6.45, 7) is 1.21. The third-order valence-corrected chi connectivity index (χ3v) is 3.93. The molecule has 23 heavy (non-hydrogen) atoms. The molecular weight excluding hydrogens is 359 g/mol. The van der Waals surface area contributed by atoms with Crippen LogP contribution < -0.4 is 10.2 Å². The highest BCUT2D eigenvalue weighted by Crippen LogP contribution is 2.29. The van der Waals surface area contributed by atoms with Gasteiger partial charge >= 0.3 is 0 Å². The number of benzene rings is 2. The van der Waals surface area contributed by atoms with Gasteiger partial charge in [-0.1, -0.05) is 40.9 Å². The molecule has 4 nitrogen and oxygen atoms in total. The van der Waals surface area contributed by atoms with Crippen molar-refractivity contribution < 1.29 is 9.59 Å². The summed E-state index contributed by atoms with van der Waals surface area (Å²) in [4.78, 5) is 25.4. The second-order valence-electron chi connectivity index (χ2n) is 4.73. The van der Waals surface area contributed by atoms with Crippen molar-refractivity contribution in [3.8, 4) is 0 Å². The average Bonchev–Trinajstić information content (AvgIpc) is 2.49. The molecule has 2 amide bonds. The van der Waals surface area contributed by atoms with E-state index in [0.717, 1.165) is 0 Å². The number of nitrogens with zero attached hydrogens (tertiary/aromatic N) is 1. The van der Waals surface area contributed by atoms with Crippen molar-refractivity contribution in [2.45, 2.75) is 6.92 Å². The zero-order chi connectivity index (χ0) is 17.0. The highest BCUT2D eigenvalue weighted by molar-refractivity contribution is 6.39. The van der Waals surface area contributed by atoms with Gasteiger partial charge in [0.05, 0.1) is 15.7 Å². The maximum atomic E-state index is 12.2. The number of anilines is 2. The van der Waals surface area contributed by atoms with E-state index in [9.17, 15) is 9.59 Å². The third kappa shape index (κ3) is 4.61. The summed E-state index contributed by atoms with van der Waals surface area (Å²) in [6.07, 6.45) is 0. The summed E-state index contributed by atoms with van der Waals surface area (Å²) in [7, 11) is 0. The maximum Gasteiger partial charge on any atom is 0.244 e. The van der Waals surface area contributed by atoms with E-state index in [2.05, 4.69) is 5.32 Å². The van der Waals surface area contributed by atoms with Gasteiger partial charge in [0.1, 0.15) is 6.54 Å². The first-order valence-electron chi connectivity index (χ1n) is 6.66. The van der Waals surface area contributed by atoms with Crippen LogP contribution in [0.25, 0.3) is 0 Å². The minimum atomic E-state index is -0.412. The van der Waals surface area contributed by atoms with E-state index in [1.807, 2.05) is 0 Å².